The predicted molar refractivity (Wildman–Crippen MR) is 118 cm³/mol. The van der Waals surface area contributed by atoms with E-state index >= 15 is 0 Å². The van der Waals surface area contributed by atoms with Crippen LogP contribution in [0.1, 0.15) is 31.2 Å². The second kappa shape index (κ2) is 9.94. The van der Waals surface area contributed by atoms with Crippen molar-refractivity contribution in [1.82, 2.24) is 10.2 Å². The van der Waals surface area contributed by atoms with Gasteiger partial charge in [-0.3, -0.25) is 9.69 Å². The SMILES string of the molecule is O=C(CSc1ccccc1)NCC1CCC2(CCN(Cc3ccccc3F)CC2)O1. The van der Waals surface area contributed by atoms with Crippen molar-refractivity contribution in [3.8, 4) is 0 Å². The molecule has 2 saturated heterocycles. The van der Waals surface area contributed by atoms with Gasteiger partial charge in [0, 0.05) is 36.6 Å². The number of halogens is 1. The summed E-state index contributed by atoms with van der Waals surface area (Å²) in [6.45, 7) is 3.07. The number of hydrogen-bond acceptors (Lipinski definition) is 4. The standard InChI is InChI=1S/C24H29FN2O2S/c25-22-9-5-4-6-19(22)17-27-14-12-24(13-15-27)11-10-20(29-24)16-26-23(28)18-30-21-7-2-1-3-8-21/h1-9,20H,10-18H2,(H,26,28). The van der Waals surface area contributed by atoms with Gasteiger partial charge in [0.05, 0.1) is 17.5 Å². The van der Waals surface area contributed by atoms with E-state index in [1.807, 2.05) is 42.5 Å². The molecule has 1 unspecified atom stereocenters. The van der Waals surface area contributed by atoms with Crippen LogP contribution in [0.2, 0.25) is 0 Å². The molecule has 2 fully saturated rings. The van der Waals surface area contributed by atoms with Crippen LogP contribution in [-0.4, -0.2) is 47.9 Å². The molecule has 160 valence electrons. The van der Waals surface area contributed by atoms with Gasteiger partial charge in [-0.1, -0.05) is 36.4 Å². The Hall–Kier alpha value is -1.89. The number of amides is 1. The molecule has 0 aromatic heterocycles. The fourth-order valence-corrected chi connectivity index (χ4v) is 5.09. The van der Waals surface area contributed by atoms with Crippen LogP contribution in [0.25, 0.3) is 0 Å². The minimum absolute atomic E-state index is 0.0492. The van der Waals surface area contributed by atoms with E-state index < -0.39 is 0 Å². The maximum absolute atomic E-state index is 13.9. The van der Waals surface area contributed by atoms with E-state index in [1.54, 1.807) is 17.8 Å². The summed E-state index contributed by atoms with van der Waals surface area (Å²) in [5.41, 5.74) is 0.690. The molecule has 2 aliphatic rings. The van der Waals surface area contributed by atoms with Gasteiger partial charge in [0.1, 0.15) is 5.82 Å². The van der Waals surface area contributed by atoms with Gasteiger partial charge in [-0.2, -0.15) is 0 Å². The normalized spacial score (nSPS) is 21.0. The Morgan fingerprint density at radius 2 is 1.83 bits per heavy atom. The van der Waals surface area contributed by atoms with Crippen LogP contribution in [0.15, 0.2) is 59.5 Å². The summed E-state index contributed by atoms with van der Waals surface area (Å²) in [5.74, 6) is 0.344. The lowest BCUT2D eigenvalue weighted by molar-refractivity contribution is -0.120. The van der Waals surface area contributed by atoms with Crippen molar-refractivity contribution >= 4 is 17.7 Å². The molecular weight excluding hydrogens is 399 g/mol. The van der Waals surface area contributed by atoms with Crippen LogP contribution in [0, 0.1) is 5.82 Å². The molecule has 6 heteroatoms. The lowest BCUT2D eigenvalue weighted by Crippen LogP contribution is -2.45. The molecule has 0 saturated carbocycles. The number of nitrogens with one attached hydrogen (secondary N) is 1. The lowest BCUT2D eigenvalue weighted by Gasteiger charge is -2.39. The van der Waals surface area contributed by atoms with Gasteiger partial charge >= 0.3 is 0 Å². The number of thioether (sulfide) groups is 1. The first-order chi connectivity index (χ1) is 14.6. The van der Waals surface area contributed by atoms with Crippen LogP contribution in [0.3, 0.4) is 0 Å². The fraction of sp³-hybridized carbons (Fsp3) is 0.458. The number of likely N-dealkylation sites (tertiary alicyclic amines) is 1. The molecule has 0 aliphatic carbocycles. The van der Waals surface area contributed by atoms with Crippen molar-refractivity contribution in [2.75, 3.05) is 25.4 Å². The Labute approximate surface area is 182 Å². The molecule has 0 bridgehead atoms. The third kappa shape index (κ3) is 5.62. The quantitative estimate of drug-likeness (QED) is 0.670. The molecule has 2 aromatic carbocycles. The van der Waals surface area contributed by atoms with Gasteiger partial charge in [0.25, 0.3) is 0 Å². The third-order valence-electron chi connectivity index (χ3n) is 6.10. The number of ether oxygens (including phenoxy) is 1. The zero-order valence-electron chi connectivity index (χ0n) is 17.2. The summed E-state index contributed by atoms with van der Waals surface area (Å²) < 4.78 is 20.3. The first kappa shape index (κ1) is 21.3. The van der Waals surface area contributed by atoms with Crippen LogP contribution >= 0.6 is 11.8 Å². The van der Waals surface area contributed by atoms with Gasteiger partial charge in [-0.15, -0.1) is 11.8 Å². The van der Waals surface area contributed by atoms with Crippen molar-refractivity contribution in [2.24, 2.45) is 0 Å². The lowest BCUT2D eigenvalue weighted by atomic mass is 9.88. The molecule has 1 amide bonds. The topological polar surface area (TPSA) is 41.6 Å². The van der Waals surface area contributed by atoms with Crippen LogP contribution < -0.4 is 5.32 Å². The molecule has 1 atom stereocenters. The number of benzene rings is 2. The highest BCUT2D eigenvalue weighted by Gasteiger charge is 2.42. The minimum atomic E-state index is -0.129. The van der Waals surface area contributed by atoms with Crippen LogP contribution in [0.4, 0.5) is 4.39 Å². The largest absolute Gasteiger partial charge is 0.370 e. The van der Waals surface area contributed by atoms with Crippen molar-refractivity contribution < 1.29 is 13.9 Å². The van der Waals surface area contributed by atoms with E-state index in [0.29, 0.717) is 18.8 Å². The molecular formula is C24H29FN2O2S. The maximum Gasteiger partial charge on any atom is 0.230 e. The van der Waals surface area contributed by atoms with E-state index in [-0.39, 0.29) is 23.4 Å². The first-order valence-electron chi connectivity index (χ1n) is 10.7. The Morgan fingerprint density at radius 3 is 2.60 bits per heavy atom. The molecule has 4 rings (SSSR count). The number of rotatable bonds is 7. The van der Waals surface area contributed by atoms with Gasteiger partial charge in [0.15, 0.2) is 0 Å². The summed E-state index contributed by atoms with van der Waals surface area (Å²) in [5, 5.41) is 3.03. The Morgan fingerprint density at radius 1 is 1.10 bits per heavy atom. The van der Waals surface area contributed by atoms with Crippen molar-refractivity contribution in [3.05, 3.63) is 66.0 Å². The molecule has 2 aromatic rings. The summed E-state index contributed by atoms with van der Waals surface area (Å²) in [4.78, 5) is 15.6. The molecule has 1 spiro atoms. The molecule has 4 nitrogen and oxygen atoms in total. The second-order valence-electron chi connectivity index (χ2n) is 8.23. The third-order valence-corrected chi connectivity index (χ3v) is 7.11. The second-order valence-corrected chi connectivity index (χ2v) is 9.28. The Balaban J connectivity index is 1.17. The molecule has 1 N–H and O–H groups in total. The monoisotopic (exact) mass is 428 g/mol. The fourth-order valence-electron chi connectivity index (χ4n) is 4.34. The smallest absolute Gasteiger partial charge is 0.230 e. The van der Waals surface area contributed by atoms with Crippen LogP contribution in [-0.2, 0) is 16.1 Å². The van der Waals surface area contributed by atoms with E-state index in [0.717, 1.165) is 49.2 Å². The van der Waals surface area contributed by atoms with Gasteiger partial charge in [0.2, 0.25) is 5.91 Å². The molecule has 30 heavy (non-hydrogen) atoms. The van der Waals surface area contributed by atoms with E-state index in [1.165, 1.54) is 6.07 Å². The van der Waals surface area contributed by atoms with Crippen LogP contribution in [0.5, 0.6) is 0 Å². The van der Waals surface area contributed by atoms with Crippen molar-refractivity contribution in [2.45, 2.75) is 48.8 Å². The first-order valence-corrected chi connectivity index (χ1v) is 11.7. The maximum atomic E-state index is 13.9. The highest BCUT2D eigenvalue weighted by molar-refractivity contribution is 8.00. The van der Waals surface area contributed by atoms with Gasteiger partial charge in [-0.25, -0.2) is 4.39 Å². The highest BCUT2D eigenvalue weighted by Crippen LogP contribution is 2.39. The van der Waals surface area contributed by atoms with Gasteiger partial charge < -0.3 is 10.1 Å². The average Bonchev–Trinajstić information content (AvgIpc) is 3.17. The van der Waals surface area contributed by atoms with Crippen molar-refractivity contribution in [3.63, 3.8) is 0 Å². The van der Waals surface area contributed by atoms with Crippen molar-refractivity contribution in [1.29, 1.82) is 0 Å². The minimum Gasteiger partial charge on any atom is -0.370 e. The summed E-state index contributed by atoms with van der Waals surface area (Å²) in [7, 11) is 0. The summed E-state index contributed by atoms with van der Waals surface area (Å²) in [6, 6.07) is 17.0. The summed E-state index contributed by atoms with van der Waals surface area (Å²) in [6.07, 6.45) is 4.05. The number of hydrogen-bond donors (Lipinski definition) is 1. The molecule has 2 heterocycles. The van der Waals surface area contributed by atoms with E-state index in [9.17, 15) is 9.18 Å². The zero-order chi connectivity index (χ0) is 20.8. The number of carbonyl (C=O) groups excluding carboxylic acids is 1. The average molecular weight is 429 g/mol. The molecule has 2 aliphatic heterocycles. The Bertz CT molecular complexity index is 840. The molecule has 0 radical (unpaired) electrons. The number of carbonyl (C=O) groups is 1. The van der Waals surface area contributed by atoms with E-state index in [4.69, 9.17) is 4.74 Å². The zero-order valence-corrected chi connectivity index (χ0v) is 18.0. The predicted octanol–water partition coefficient (Wildman–Crippen LogP) is 4.25. The summed E-state index contributed by atoms with van der Waals surface area (Å²) >= 11 is 1.55. The number of nitrogens with zero attached hydrogens (tertiary/aromatic N) is 1. The highest BCUT2D eigenvalue weighted by atomic mass is 32.2. The Kier molecular flexibility index (Phi) is 7.08. The van der Waals surface area contributed by atoms with E-state index in [2.05, 4.69) is 10.2 Å². The van der Waals surface area contributed by atoms with Gasteiger partial charge in [-0.05, 0) is 43.9 Å². The number of piperidine rings is 1.